The number of nitrogens with zero attached hydrogens (tertiary/aromatic N) is 3. The first-order valence-electron chi connectivity index (χ1n) is 18.2. The highest BCUT2D eigenvalue weighted by atomic mass is 15.1. The minimum Gasteiger partial charge on any atom is -0.308 e. The highest BCUT2D eigenvalue weighted by molar-refractivity contribution is 6.24. The average Bonchev–Trinajstić information content (AvgIpc) is 3.68. The number of fused-ring (bicyclic) bond motifs is 15. The maximum Gasteiger partial charge on any atom is 0.249 e. The van der Waals surface area contributed by atoms with E-state index in [0.29, 0.717) is 0 Å². The summed E-state index contributed by atoms with van der Waals surface area (Å²) in [6.07, 6.45) is 6.63. The zero-order chi connectivity index (χ0) is 34.0. The number of aryl methyl sites for hydroxylation is 3. The molecule has 5 aromatic carbocycles. The predicted octanol–water partition coefficient (Wildman–Crippen LogP) is 10.8. The van der Waals surface area contributed by atoms with Gasteiger partial charge in [-0.3, -0.25) is 0 Å². The molecule has 11 rings (SSSR count). The van der Waals surface area contributed by atoms with E-state index < -0.39 is 0 Å². The van der Waals surface area contributed by atoms with Gasteiger partial charge < -0.3 is 4.40 Å². The van der Waals surface area contributed by atoms with Crippen molar-refractivity contribution in [1.82, 2.24) is 4.40 Å². The lowest BCUT2D eigenvalue weighted by molar-refractivity contribution is -0.727. The van der Waals surface area contributed by atoms with Gasteiger partial charge in [-0.1, -0.05) is 72.8 Å². The molecule has 9 aromatic rings. The number of para-hydroxylation sites is 1. The molecular formula is C48H37N3+2. The maximum atomic E-state index is 4.93. The van der Waals surface area contributed by atoms with Gasteiger partial charge in [0.2, 0.25) is 23.1 Å². The number of hydrogen-bond acceptors (Lipinski definition) is 0. The fourth-order valence-corrected chi connectivity index (χ4v) is 9.55. The number of hydrogen-bond donors (Lipinski definition) is 0. The van der Waals surface area contributed by atoms with Crippen LogP contribution >= 0.6 is 0 Å². The van der Waals surface area contributed by atoms with E-state index in [-0.39, 0.29) is 12.0 Å². The zero-order valence-electron chi connectivity index (χ0n) is 28.9. The zero-order valence-corrected chi connectivity index (χ0v) is 28.9. The van der Waals surface area contributed by atoms with Crippen molar-refractivity contribution in [3.05, 3.63) is 169 Å². The van der Waals surface area contributed by atoms with Crippen LogP contribution in [-0.4, -0.2) is 4.40 Å². The van der Waals surface area contributed by atoms with Crippen molar-refractivity contribution < 1.29 is 9.13 Å². The fourth-order valence-electron chi connectivity index (χ4n) is 9.55. The van der Waals surface area contributed by atoms with Crippen LogP contribution in [0.2, 0.25) is 0 Å². The summed E-state index contributed by atoms with van der Waals surface area (Å²) in [5.74, 6) is 0.279. The second kappa shape index (κ2) is 10.5. The molecule has 3 nitrogen and oxygen atoms in total. The lowest BCUT2D eigenvalue weighted by Crippen LogP contribution is -2.53. The Morgan fingerprint density at radius 2 is 1.35 bits per heavy atom. The highest BCUT2D eigenvalue weighted by Crippen LogP contribution is 2.47. The number of pyridine rings is 2. The molecule has 0 amide bonds. The van der Waals surface area contributed by atoms with Gasteiger partial charge in [-0.2, -0.15) is 9.13 Å². The molecule has 4 aromatic heterocycles. The summed E-state index contributed by atoms with van der Waals surface area (Å²) in [5, 5.41) is 5.23. The smallest absolute Gasteiger partial charge is 0.249 e. The molecule has 0 bridgehead atoms. The predicted molar refractivity (Wildman–Crippen MR) is 209 cm³/mol. The lowest BCUT2D eigenvalue weighted by Gasteiger charge is -2.29. The molecule has 2 aliphatic heterocycles. The Morgan fingerprint density at radius 1 is 0.608 bits per heavy atom. The molecule has 0 radical (unpaired) electrons. The van der Waals surface area contributed by atoms with Crippen LogP contribution in [0.5, 0.6) is 0 Å². The second-order valence-electron chi connectivity index (χ2n) is 14.8. The maximum absolute atomic E-state index is 4.93. The molecule has 0 saturated heterocycles. The summed E-state index contributed by atoms with van der Waals surface area (Å²) < 4.78 is 7.46. The fraction of sp³-hybridized carbons (Fsp3) is 0.125. The Balaban J connectivity index is 1.18. The third kappa shape index (κ3) is 4.00. The quantitative estimate of drug-likeness (QED) is 0.156. The Morgan fingerprint density at radius 3 is 2.20 bits per heavy atom. The normalized spacial score (nSPS) is 16.7. The largest absolute Gasteiger partial charge is 0.308 e. The second-order valence-corrected chi connectivity index (χ2v) is 14.8. The van der Waals surface area contributed by atoms with Crippen molar-refractivity contribution in [3.8, 4) is 33.6 Å². The van der Waals surface area contributed by atoms with Crippen molar-refractivity contribution in [2.45, 2.75) is 38.6 Å². The van der Waals surface area contributed by atoms with Crippen LogP contribution in [0.25, 0.3) is 77.4 Å². The summed E-state index contributed by atoms with van der Waals surface area (Å²) in [6.45, 7) is 9.32. The van der Waals surface area contributed by atoms with Crippen LogP contribution in [0.3, 0.4) is 0 Å². The molecule has 2 aliphatic rings. The van der Waals surface area contributed by atoms with Gasteiger partial charge in [-0.05, 0) is 98.0 Å². The van der Waals surface area contributed by atoms with Crippen LogP contribution in [0.4, 0.5) is 0 Å². The third-order valence-corrected chi connectivity index (χ3v) is 11.8. The Kier molecular flexibility index (Phi) is 5.90. The monoisotopic (exact) mass is 655 g/mol. The minimum absolute atomic E-state index is 0.0917. The van der Waals surface area contributed by atoms with Gasteiger partial charge >= 0.3 is 0 Å². The summed E-state index contributed by atoms with van der Waals surface area (Å²) in [4.78, 5) is 0. The molecule has 0 saturated carbocycles. The van der Waals surface area contributed by atoms with E-state index >= 15 is 0 Å². The molecule has 0 N–H and O–H groups in total. The average molecular weight is 656 g/mol. The van der Waals surface area contributed by atoms with Crippen molar-refractivity contribution in [2.24, 2.45) is 0 Å². The van der Waals surface area contributed by atoms with Gasteiger partial charge in [0.15, 0.2) is 12.4 Å². The van der Waals surface area contributed by atoms with Crippen LogP contribution < -0.4 is 9.13 Å². The number of allylic oxidation sites excluding steroid dienone is 1. The first-order chi connectivity index (χ1) is 25.0. The van der Waals surface area contributed by atoms with E-state index in [9.17, 15) is 0 Å². The first-order valence-corrected chi connectivity index (χ1v) is 18.2. The molecule has 2 atom stereocenters. The molecule has 0 spiro atoms. The van der Waals surface area contributed by atoms with E-state index in [2.05, 4.69) is 167 Å². The lowest BCUT2D eigenvalue weighted by atomic mass is 9.78. The van der Waals surface area contributed by atoms with Gasteiger partial charge in [0, 0.05) is 50.4 Å². The van der Waals surface area contributed by atoms with E-state index in [1.165, 1.54) is 94.0 Å². The summed E-state index contributed by atoms with van der Waals surface area (Å²) in [7, 11) is 0. The topological polar surface area (TPSA) is 12.2 Å². The number of aromatic nitrogens is 3. The van der Waals surface area contributed by atoms with Crippen molar-refractivity contribution in [2.75, 3.05) is 0 Å². The molecule has 51 heavy (non-hydrogen) atoms. The molecular weight excluding hydrogens is 619 g/mol. The Labute approximate surface area is 297 Å². The molecule has 2 unspecified atom stereocenters. The standard InChI is InChI=1S/C48H37N3/c1-29-17-22-44-40-26-42-38-15-9-14-37-41-24-33(32-10-5-4-6-11-32)19-23-45(41)51(48(37)38)46(42)25-34(40)18-20-39-35-12-7-8-13-36(35)43-21-16-30(2)28-50(43)47(39)31(3)49(44)27-29/h4-17,19,21-28,39,47H,3,18,20H2,1-2H3/q+2. The first kappa shape index (κ1) is 28.7. The van der Waals surface area contributed by atoms with Crippen LogP contribution in [0.15, 0.2) is 146 Å². The summed E-state index contributed by atoms with van der Waals surface area (Å²) in [5.41, 5.74) is 17.9. The van der Waals surface area contributed by atoms with Gasteiger partial charge in [-0.15, -0.1) is 0 Å². The minimum atomic E-state index is 0.0917. The van der Waals surface area contributed by atoms with E-state index in [4.69, 9.17) is 6.58 Å². The van der Waals surface area contributed by atoms with Gasteiger partial charge in [-0.25, -0.2) is 0 Å². The van der Waals surface area contributed by atoms with Crippen molar-refractivity contribution in [3.63, 3.8) is 0 Å². The third-order valence-electron chi connectivity index (χ3n) is 11.8. The van der Waals surface area contributed by atoms with Crippen LogP contribution in [0.1, 0.15) is 40.6 Å². The van der Waals surface area contributed by atoms with Gasteiger partial charge in [0.25, 0.3) is 0 Å². The highest BCUT2D eigenvalue weighted by Gasteiger charge is 2.47. The van der Waals surface area contributed by atoms with Crippen LogP contribution in [-0.2, 0) is 6.42 Å². The Bertz CT molecular complexity index is 2910. The number of benzene rings is 5. The SMILES string of the molecule is C=C1C2C(CCc3cc4c(cc3-c3ccc(C)c[n+]31)c1cccc3c5cc(-c6ccccc6)ccc5n4c31)c1ccccc1-c1ccc(C)c[n+]12. The summed E-state index contributed by atoms with van der Waals surface area (Å²) in [6, 6.07) is 47.8. The molecule has 0 aliphatic carbocycles. The molecule has 242 valence electrons. The van der Waals surface area contributed by atoms with Crippen molar-refractivity contribution in [1.29, 1.82) is 0 Å². The van der Waals surface area contributed by atoms with Crippen LogP contribution in [0, 0.1) is 13.8 Å². The molecule has 0 fully saturated rings. The molecule has 3 heteroatoms. The summed E-state index contributed by atoms with van der Waals surface area (Å²) >= 11 is 0. The van der Waals surface area contributed by atoms with E-state index in [0.717, 1.165) is 18.5 Å². The van der Waals surface area contributed by atoms with Gasteiger partial charge in [0.05, 0.1) is 28.0 Å². The van der Waals surface area contributed by atoms with E-state index in [1.54, 1.807) is 0 Å². The van der Waals surface area contributed by atoms with Crippen molar-refractivity contribution >= 4 is 43.8 Å². The van der Waals surface area contributed by atoms with Gasteiger partial charge in [0.1, 0.15) is 0 Å². The van der Waals surface area contributed by atoms with E-state index in [1.807, 2.05) is 0 Å². The number of rotatable bonds is 1. The molecule has 6 heterocycles. The Hall–Kier alpha value is -6.06.